The quantitative estimate of drug-likeness (QED) is 0.0261. The maximum absolute atomic E-state index is 12.9. The van der Waals surface area contributed by atoms with E-state index in [1.807, 2.05) is 0 Å². The summed E-state index contributed by atoms with van der Waals surface area (Å²) in [6.45, 7) is 6.38. The van der Waals surface area contributed by atoms with E-state index in [9.17, 15) is 14.4 Å². The minimum absolute atomic E-state index is 0.0950. The number of hydrogen-bond donors (Lipinski definition) is 0. The van der Waals surface area contributed by atoms with Gasteiger partial charge in [0.15, 0.2) is 6.10 Å². The van der Waals surface area contributed by atoms with Crippen molar-refractivity contribution in [3.05, 3.63) is 134 Å². The molecule has 0 aromatic rings. The molecule has 0 radical (unpaired) electrons. The van der Waals surface area contributed by atoms with E-state index < -0.39 is 6.10 Å². The van der Waals surface area contributed by atoms with Gasteiger partial charge in [-0.05, 0) is 135 Å². The number of esters is 3. The minimum Gasteiger partial charge on any atom is -0.462 e. The average Bonchev–Trinajstić information content (AvgIpc) is 3.45. The molecule has 0 saturated carbocycles. The molecule has 0 fully saturated rings. The van der Waals surface area contributed by atoms with Crippen molar-refractivity contribution in [2.45, 2.75) is 297 Å². The lowest BCUT2D eigenvalue weighted by atomic mass is 10.0. The lowest BCUT2D eigenvalue weighted by Crippen LogP contribution is -2.30. The van der Waals surface area contributed by atoms with Crippen LogP contribution < -0.4 is 0 Å². The summed E-state index contributed by atoms with van der Waals surface area (Å²) in [5.41, 5.74) is 0. The highest BCUT2D eigenvalue weighted by Gasteiger charge is 2.19. The van der Waals surface area contributed by atoms with Gasteiger partial charge >= 0.3 is 17.9 Å². The second-order valence-corrected chi connectivity index (χ2v) is 21.3. The summed E-state index contributed by atoms with van der Waals surface area (Å²) in [5, 5.41) is 0. The van der Waals surface area contributed by atoms with Gasteiger partial charge in [-0.2, -0.15) is 0 Å². The van der Waals surface area contributed by atoms with Crippen LogP contribution in [0.3, 0.4) is 0 Å². The zero-order chi connectivity index (χ0) is 57.1. The van der Waals surface area contributed by atoms with Gasteiger partial charge in [0, 0.05) is 19.3 Å². The second kappa shape index (κ2) is 66.1. The van der Waals surface area contributed by atoms with E-state index in [0.29, 0.717) is 19.3 Å². The van der Waals surface area contributed by atoms with Crippen LogP contribution in [0.5, 0.6) is 0 Å². The normalized spacial score (nSPS) is 13.0. The second-order valence-electron chi connectivity index (χ2n) is 21.3. The fraction of sp³-hybridized carbons (Fsp3) is 0.658. The van der Waals surface area contributed by atoms with Gasteiger partial charge in [0.1, 0.15) is 13.2 Å². The molecule has 0 N–H and O–H groups in total. The standard InChI is InChI=1S/C73H120O6/c1-4-7-10-13-16-19-22-25-27-29-31-33-35-36-38-39-41-43-45-48-51-54-57-60-63-66-72(75)78-69-70(68-77-71(74)65-62-59-56-53-50-47-24-21-18-15-12-9-6-3)79-73(76)67-64-61-58-55-52-49-46-44-42-40-37-34-32-30-28-26-23-20-17-14-11-8-5-2/h7-8,10-11,16-17,19-21,24-28,31-34,40,42,46,49,70H,4-6,9,12-15,18,22-23,29-30,35-39,41,43-45,47-48,50-69H2,1-3H3/b10-7-,11-8-,19-16-,20-17-,24-21-,27-25-,28-26-,33-31-,34-32-,42-40-,49-46-. The molecule has 0 bridgehead atoms. The highest BCUT2D eigenvalue weighted by Crippen LogP contribution is 2.15. The first-order valence-corrected chi connectivity index (χ1v) is 32.7. The summed E-state index contributed by atoms with van der Waals surface area (Å²) in [6, 6.07) is 0. The molecular formula is C73H120O6. The molecule has 1 unspecified atom stereocenters. The highest BCUT2D eigenvalue weighted by atomic mass is 16.6. The summed E-state index contributed by atoms with van der Waals surface area (Å²) >= 11 is 0. The third-order valence-corrected chi connectivity index (χ3v) is 13.6. The van der Waals surface area contributed by atoms with Gasteiger partial charge < -0.3 is 14.2 Å². The predicted molar refractivity (Wildman–Crippen MR) is 343 cm³/mol. The van der Waals surface area contributed by atoms with Crippen molar-refractivity contribution in [3.8, 4) is 0 Å². The van der Waals surface area contributed by atoms with E-state index in [1.165, 1.54) is 103 Å². The molecule has 0 heterocycles. The van der Waals surface area contributed by atoms with Crippen LogP contribution in [-0.2, 0) is 28.6 Å². The van der Waals surface area contributed by atoms with Crippen molar-refractivity contribution >= 4 is 17.9 Å². The summed E-state index contributed by atoms with van der Waals surface area (Å²) < 4.78 is 16.9. The molecule has 0 saturated heterocycles. The molecule has 448 valence electrons. The maximum Gasteiger partial charge on any atom is 0.306 e. The van der Waals surface area contributed by atoms with Crippen molar-refractivity contribution in [1.29, 1.82) is 0 Å². The third-order valence-electron chi connectivity index (χ3n) is 13.6. The third kappa shape index (κ3) is 64.3. The van der Waals surface area contributed by atoms with Crippen LogP contribution >= 0.6 is 0 Å². The molecule has 0 aromatic heterocycles. The molecular weight excluding hydrogens is 973 g/mol. The average molecular weight is 1090 g/mol. The molecule has 1 atom stereocenters. The summed E-state index contributed by atoms with van der Waals surface area (Å²) in [7, 11) is 0. The molecule has 79 heavy (non-hydrogen) atoms. The molecule has 6 heteroatoms. The van der Waals surface area contributed by atoms with Gasteiger partial charge in [0.25, 0.3) is 0 Å². The Morgan fingerprint density at radius 1 is 0.266 bits per heavy atom. The van der Waals surface area contributed by atoms with E-state index in [-0.39, 0.29) is 31.1 Å². The van der Waals surface area contributed by atoms with Gasteiger partial charge in [-0.15, -0.1) is 0 Å². The van der Waals surface area contributed by atoms with E-state index in [1.54, 1.807) is 0 Å². The number of unbranched alkanes of at least 4 members (excludes halogenated alkanes) is 25. The molecule has 0 rings (SSSR count). The Labute approximate surface area is 487 Å². The van der Waals surface area contributed by atoms with Gasteiger partial charge in [-0.1, -0.05) is 270 Å². The van der Waals surface area contributed by atoms with Crippen molar-refractivity contribution < 1.29 is 28.6 Å². The van der Waals surface area contributed by atoms with Crippen LogP contribution in [0, 0.1) is 0 Å². The van der Waals surface area contributed by atoms with Gasteiger partial charge in [0.05, 0.1) is 0 Å². The van der Waals surface area contributed by atoms with Crippen LogP contribution in [0.2, 0.25) is 0 Å². The Hall–Kier alpha value is -4.45. The van der Waals surface area contributed by atoms with Crippen LogP contribution in [0.4, 0.5) is 0 Å². The largest absolute Gasteiger partial charge is 0.462 e. The van der Waals surface area contributed by atoms with E-state index in [2.05, 4.69) is 154 Å². The van der Waals surface area contributed by atoms with Crippen molar-refractivity contribution in [2.24, 2.45) is 0 Å². The van der Waals surface area contributed by atoms with Crippen LogP contribution in [0.25, 0.3) is 0 Å². The highest BCUT2D eigenvalue weighted by molar-refractivity contribution is 5.71. The summed E-state index contributed by atoms with van der Waals surface area (Å²) in [6.07, 6.45) is 93.1. The van der Waals surface area contributed by atoms with Gasteiger partial charge in [-0.25, -0.2) is 0 Å². The monoisotopic (exact) mass is 1090 g/mol. The first-order valence-electron chi connectivity index (χ1n) is 32.7. The Balaban J connectivity index is 4.39. The van der Waals surface area contributed by atoms with Crippen molar-refractivity contribution in [3.63, 3.8) is 0 Å². The first-order chi connectivity index (χ1) is 39.0. The SMILES string of the molecule is CC/C=C\C/C=C\C/C=C\C/C=C\C/C=C\C/C=C\CCCCCCC(=O)OC(COC(=O)CCCCCCC/C=C\CCCCCC)COC(=O)CCCCCCCCCCCCCC/C=C\C/C=C\C/C=C\C/C=C\CC. The molecule has 0 aromatic carbocycles. The zero-order valence-electron chi connectivity index (χ0n) is 51.3. The molecule has 0 aliphatic rings. The molecule has 0 aliphatic carbocycles. The fourth-order valence-corrected chi connectivity index (χ4v) is 8.79. The van der Waals surface area contributed by atoms with Crippen molar-refractivity contribution in [1.82, 2.24) is 0 Å². The van der Waals surface area contributed by atoms with Gasteiger partial charge in [0.2, 0.25) is 0 Å². The number of rotatable bonds is 58. The minimum atomic E-state index is -0.802. The van der Waals surface area contributed by atoms with E-state index in [0.717, 1.165) is 148 Å². The maximum atomic E-state index is 12.9. The topological polar surface area (TPSA) is 78.9 Å². The molecule has 0 amide bonds. The van der Waals surface area contributed by atoms with Crippen LogP contribution in [-0.4, -0.2) is 37.2 Å². The summed E-state index contributed by atoms with van der Waals surface area (Å²) in [5.74, 6) is -0.927. The number of carbonyl (C=O) groups excluding carboxylic acids is 3. The summed E-state index contributed by atoms with van der Waals surface area (Å²) in [4.78, 5) is 38.3. The smallest absolute Gasteiger partial charge is 0.306 e. The molecule has 6 nitrogen and oxygen atoms in total. The number of ether oxygens (including phenoxy) is 3. The fourth-order valence-electron chi connectivity index (χ4n) is 8.79. The van der Waals surface area contributed by atoms with Crippen LogP contribution in [0.15, 0.2) is 134 Å². The number of allylic oxidation sites excluding steroid dienone is 22. The molecule has 0 spiro atoms. The Kier molecular flexibility index (Phi) is 62.3. The zero-order valence-corrected chi connectivity index (χ0v) is 51.3. The first kappa shape index (κ1) is 74.5. The van der Waals surface area contributed by atoms with Crippen molar-refractivity contribution in [2.75, 3.05) is 13.2 Å². The number of hydrogen-bond acceptors (Lipinski definition) is 6. The Bertz CT molecular complexity index is 1680. The number of carbonyl (C=O) groups is 3. The van der Waals surface area contributed by atoms with E-state index >= 15 is 0 Å². The van der Waals surface area contributed by atoms with Crippen LogP contribution in [0.1, 0.15) is 290 Å². The predicted octanol–water partition coefficient (Wildman–Crippen LogP) is 22.5. The lowest BCUT2D eigenvalue weighted by Gasteiger charge is -2.18. The Morgan fingerprint density at radius 2 is 0.494 bits per heavy atom. The molecule has 0 aliphatic heterocycles. The van der Waals surface area contributed by atoms with Gasteiger partial charge in [-0.3, -0.25) is 14.4 Å². The van der Waals surface area contributed by atoms with E-state index in [4.69, 9.17) is 14.2 Å². The Morgan fingerprint density at radius 3 is 0.785 bits per heavy atom. The lowest BCUT2D eigenvalue weighted by molar-refractivity contribution is -0.167.